The minimum absolute atomic E-state index is 0.146. The van der Waals surface area contributed by atoms with E-state index in [1.165, 1.54) is 0 Å². The molecule has 6 nitrogen and oxygen atoms in total. The number of pyridine rings is 1. The van der Waals surface area contributed by atoms with Gasteiger partial charge < -0.3 is 4.57 Å². The molecule has 0 fully saturated rings. The third kappa shape index (κ3) is 3.58. The van der Waals surface area contributed by atoms with Crippen LogP contribution in [0.2, 0.25) is 0 Å². The summed E-state index contributed by atoms with van der Waals surface area (Å²) in [4.78, 5) is 24.3. The van der Waals surface area contributed by atoms with Gasteiger partial charge in [-0.25, -0.2) is 9.97 Å². The van der Waals surface area contributed by atoms with Crippen LogP contribution in [-0.2, 0) is 0 Å². The molecule has 0 unspecified atom stereocenters. The molecular weight excluding hydrogens is 578 g/mol. The largest absolute Gasteiger partial charge is 0.309 e. The molecule has 0 saturated carbocycles. The fourth-order valence-corrected chi connectivity index (χ4v) is 7.35. The van der Waals surface area contributed by atoms with Gasteiger partial charge in [-0.15, -0.1) is 0 Å². The molecule has 0 amide bonds. The Morgan fingerprint density at radius 2 is 0.979 bits per heavy atom. The summed E-state index contributed by atoms with van der Waals surface area (Å²) in [6, 6.07) is 49.6. The van der Waals surface area contributed by atoms with Gasteiger partial charge >= 0.3 is 0 Å². The molecule has 6 heteroatoms. The van der Waals surface area contributed by atoms with Crippen LogP contribution in [0.3, 0.4) is 0 Å². The van der Waals surface area contributed by atoms with Crippen molar-refractivity contribution in [3.05, 3.63) is 162 Å². The van der Waals surface area contributed by atoms with Gasteiger partial charge in [0.05, 0.1) is 38.5 Å². The first-order valence-corrected chi connectivity index (χ1v) is 15.6. The maximum Gasteiger partial charge on any atom is 0.266 e. The second kappa shape index (κ2) is 9.73. The van der Waals surface area contributed by atoms with Crippen LogP contribution in [-0.4, -0.2) is 23.7 Å². The minimum atomic E-state index is -0.146. The molecular formula is C41H25N5O. The Balaban J connectivity index is 1.36. The Bertz CT molecular complexity index is 2920. The number of benzene rings is 6. The van der Waals surface area contributed by atoms with Crippen molar-refractivity contribution >= 4 is 65.4 Å². The van der Waals surface area contributed by atoms with E-state index >= 15 is 0 Å². The number of para-hydroxylation sites is 5. The van der Waals surface area contributed by atoms with Gasteiger partial charge in [0.15, 0.2) is 0 Å². The van der Waals surface area contributed by atoms with Gasteiger partial charge in [0, 0.05) is 44.5 Å². The van der Waals surface area contributed by atoms with E-state index in [-0.39, 0.29) is 5.56 Å². The predicted molar refractivity (Wildman–Crippen MR) is 191 cm³/mol. The van der Waals surface area contributed by atoms with Crippen LogP contribution in [0.25, 0.3) is 82.7 Å². The van der Waals surface area contributed by atoms with E-state index in [2.05, 4.69) is 94.1 Å². The first-order valence-electron chi connectivity index (χ1n) is 15.6. The van der Waals surface area contributed by atoms with E-state index < -0.39 is 0 Å². The van der Waals surface area contributed by atoms with Crippen molar-refractivity contribution in [3.63, 3.8) is 0 Å². The zero-order valence-electron chi connectivity index (χ0n) is 25.1. The Hall–Kier alpha value is -6.53. The second-order valence-corrected chi connectivity index (χ2v) is 11.8. The highest BCUT2D eigenvalue weighted by Gasteiger charge is 2.22. The van der Waals surface area contributed by atoms with Crippen LogP contribution in [0.15, 0.2) is 157 Å². The number of fused-ring (bicyclic) bond motifs is 10. The Kier molecular flexibility index (Phi) is 5.33. The fourth-order valence-electron chi connectivity index (χ4n) is 7.35. The summed E-state index contributed by atoms with van der Waals surface area (Å²) in [5.41, 5.74) is 7.47. The third-order valence-electron chi connectivity index (χ3n) is 9.31. The molecule has 0 bridgehead atoms. The average molecular weight is 604 g/mol. The molecule has 0 aliphatic rings. The van der Waals surface area contributed by atoms with Crippen LogP contribution < -0.4 is 5.56 Å². The number of aromatic nitrogens is 5. The van der Waals surface area contributed by atoms with Crippen LogP contribution in [0.1, 0.15) is 0 Å². The van der Waals surface area contributed by atoms with Crippen LogP contribution >= 0.6 is 0 Å². The summed E-state index contributed by atoms with van der Waals surface area (Å²) in [6.07, 6.45) is 1.69. The molecule has 4 heterocycles. The molecule has 0 spiro atoms. The van der Waals surface area contributed by atoms with Gasteiger partial charge in [-0.05, 0) is 48.5 Å². The first-order chi connectivity index (χ1) is 23.3. The Morgan fingerprint density at radius 1 is 0.426 bits per heavy atom. The molecule has 0 radical (unpaired) electrons. The molecule has 10 rings (SSSR count). The topological polar surface area (TPSA) is 57.6 Å². The monoisotopic (exact) mass is 603 g/mol. The van der Waals surface area contributed by atoms with Crippen molar-refractivity contribution in [3.8, 4) is 17.3 Å². The summed E-state index contributed by atoms with van der Waals surface area (Å²) in [5.74, 6) is 0.523. The second-order valence-electron chi connectivity index (χ2n) is 11.8. The normalized spacial score (nSPS) is 11.9. The quantitative estimate of drug-likeness (QED) is 0.189. The highest BCUT2D eigenvalue weighted by molar-refractivity contribution is 6.26. The van der Waals surface area contributed by atoms with Crippen LogP contribution in [0, 0.1) is 0 Å². The lowest BCUT2D eigenvalue weighted by molar-refractivity contribution is 1.00. The molecule has 0 atom stereocenters. The molecule has 220 valence electrons. The summed E-state index contributed by atoms with van der Waals surface area (Å²) >= 11 is 0. The van der Waals surface area contributed by atoms with Gasteiger partial charge in [0.25, 0.3) is 5.56 Å². The SMILES string of the molecule is O=c1c2cnc(-n3c4ccccc4c4ccc5c(c6ccccc6n5-c5ccccc5)c43)nc2c2ccccc2n1-c1ccccc1. The highest BCUT2D eigenvalue weighted by Crippen LogP contribution is 2.41. The van der Waals surface area contributed by atoms with Crippen molar-refractivity contribution in [1.82, 2.24) is 23.7 Å². The van der Waals surface area contributed by atoms with E-state index in [1.54, 1.807) is 10.8 Å². The van der Waals surface area contributed by atoms with Crippen molar-refractivity contribution in [2.75, 3.05) is 0 Å². The van der Waals surface area contributed by atoms with Crippen molar-refractivity contribution in [2.24, 2.45) is 0 Å². The van der Waals surface area contributed by atoms with Gasteiger partial charge in [-0.3, -0.25) is 13.9 Å². The number of nitrogens with zero attached hydrogens (tertiary/aromatic N) is 5. The lowest BCUT2D eigenvalue weighted by atomic mass is 10.1. The Labute approximate surface area is 268 Å². The summed E-state index contributed by atoms with van der Waals surface area (Å²) in [5, 5.41) is 5.89. The Morgan fingerprint density at radius 3 is 1.68 bits per heavy atom. The van der Waals surface area contributed by atoms with E-state index in [4.69, 9.17) is 9.97 Å². The van der Waals surface area contributed by atoms with E-state index in [0.717, 1.165) is 65.9 Å². The molecule has 6 aromatic carbocycles. The first kappa shape index (κ1) is 25.8. The van der Waals surface area contributed by atoms with Crippen molar-refractivity contribution < 1.29 is 0 Å². The molecule has 47 heavy (non-hydrogen) atoms. The molecule has 0 saturated heterocycles. The van der Waals surface area contributed by atoms with Crippen molar-refractivity contribution in [2.45, 2.75) is 0 Å². The smallest absolute Gasteiger partial charge is 0.266 e. The minimum Gasteiger partial charge on any atom is -0.309 e. The molecule has 0 aliphatic carbocycles. The number of hydrogen-bond acceptors (Lipinski definition) is 3. The van der Waals surface area contributed by atoms with E-state index in [0.29, 0.717) is 16.9 Å². The zero-order valence-corrected chi connectivity index (χ0v) is 25.1. The summed E-state index contributed by atoms with van der Waals surface area (Å²) < 4.78 is 6.25. The predicted octanol–water partition coefficient (Wildman–Crippen LogP) is 9.13. The zero-order chi connectivity index (χ0) is 31.1. The lowest BCUT2D eigenvalue weighted by Gasteiger charge is -2.14. The molecule has 4 aromatic heterocycles. The van der Waals surface area contributed by atoms with Gasteiger partial charge in [-0.2, -0.15) is 0 Å². The molecule has 0 aliphatic heterocycles. The third-order valence-corrected chi connectivity index (χ3v) is 9.31. The number of hydrogen-bond donors (Lipinski definition) is 0. The summed E-state index contributed by atoms with van der Waals surface area (Å²) in [7, 11) is 0. The average Bonchev–Trinajstić information content (AvgIpc) is 3.65. The lowest BCUT2D eigenvalue weighted by Crippen LogP contribution is -2.20. The molecule has 10 aromatic rings. The van der Waals surface area contributed by atoms with E-state index in [9.17, 15) is 4.79 Å². The van der Waals surface area contributed by atoms with Crippen LogP contribution in [0.4, 0.5) is 0 Å². The van der Waals surface area contributed by atoms with E-state index in [1.807, 2.05) is 60.7 Å². The molecule has 0 N–H and O–H groups in total. The van der Waals surface area contributed by atoms with Gasteiger partial charge in [0.2, 0.25) is 5.95 Å². The van der Waals surface area contributed by atoms with Crippen molar-refractivity contribution in [1.29, 1.82) is 0 Å². The fraction of sp³-hybridized carbons (Fsp3) is 0. The van der Waals surface area contributed by atoms with Gasteiger partial charge in [-0.1, -0.05) is 97.1 Å². The maximum absolute atomic E-state index is 14.1. The number of rotatable bonds is 3. The maximum atomic E-state index is 14.1. The summed E-state index contributed by atoms with van der Waals surface area (Å²) in [6.45, 7) is 0. The van der Waals surface area contributed by atoms with Gasteiger partial charge in [0.1, 0.15) is 0 Å². The van der Waals surface area contributed by atoms with Crippen LogP contribution in [0.5, 0.6) is 0 Å². The highest BCUT2D eigenvalue weighted by atomic mass is 16.1. The standard InChI is InChI=1S/C41H25N5O/c47-40-32-25-42-41(43-38(32)31-19-9-12-22-35(31)45(40)27-15-5-2-6-16-27)46-33-20-10-7-17-28(33)29-23-24-36-37(39(29)46)30-18-8-11-21-34(30)44(36)26-13-3-1-4-14-26/h1-25H.